The second kappa shape index (κ2) is 4.74. The van der Waals surface area contributed by atoms with Crippen LogP contribution in [0.15, 0.2) is 17.6 Å². The number of hydrogen-bond acceptors (Lipinski definition) is 5. The number of aromatic nitrogens is 3. The molecule has 4 nitrogen and oxygen atoms in total. The maximum absolute atomic E-state index is 5.82. The van der Waals surface area contributed by atoms with Gasteiger partial charge < -0.3 is 5.32 Å². The standard InChI is InChI=1S/C8H6Cl2N4S/c9-6-3-5(8(10)14-13-6)12-4-7-11-1-2-15-7/h1-3H,4H2,(H,12,13). The molecule has 0 saturated heterocycles. The van der Waals surface area contributed by atoms with Crippen molar-refractivity contribution in [1.29, 1.82) is 0 Å². The second-order valence-electron chi connectivity index (χ2n) is 2.65. The van der Waals surface area contributed by atoms with Crippen molar-refractivity contribution in [2.75, 3.05) is 5.32 Å². The van der Waals surface area contributed by atoms with Gasteiger partial charge >= 0.3 is 0 Å². The van der Waals surface area contributed by atoms with E-state index < -0.39 is 0 Å². The van der Waals surface area contributed by atoms with Crippen molar-refractivity contribution in [3.05, 3.63) is 33.0 Å². The van der Waals surface area contributed by atoms with E-state index in [2.05, 4.69) is 20.5 Å². The Bertz CT molecular complexity index is 446. The number of nitrogens with zero attached hydrogens (tertiary/aromatic N) is 3. The van der Waals surface area contributed by atoms with Crippen LogP contribution in [0.3, 0.4) is 0 Å². The average molecular weight is 261 g/mol. The average Bonchev–Trinajstić information content (AvgIpc) is 2.72. The van der Waals surface area contributed by atoms with E-state index in [4.69, 9.17) is 23.2 Å². The molecule has 0 saturated carbocycles. The Morgan fingerprint density at radius 3 is 2.93 bits per heavy atom. The van der Waals surface area contributed by atoms with Crippen LogP contribution in [0.2, 0.25) is 10.3 Å². The summed E-state index contributed by atoms with van der Waals surface area (Å²) in [5.74, 6) is 0. The van der Waals surface area contributed by atoms with Crippen molar-refractivity contribution >= 4 is 40.2 Å². The normalized spacial score (nSPS) is 10.3. The fraction of sp³-hybridized carbons (Fsp3) is 0.125. The lowest BCUT2D eigenvalue weighted by Crippen LogP contribution is -2.01. The van der Waals surface area contributed by atoms with E-state index in [0.717, 1.165) is 5.01 Å². The summed E-state index contributed by atoms with van der Waals surface area (Å²) in [4.78, 5) is 4.13. The number of rotatable bonds is 3. The summed E-state index contributed by atoms with van der Waals surface area (Å²) in [5, 5.41) is 13.9. The van der Waals surface area contributed by atoms with Crippen molar-refractivity contribution in [3.63, 3.8) is 0 Å². The number of hydrogen-bond donors (Lipinski definition) is 1. The van der Waals surface area contributed by atoms with Crippen molar-refractivity contribution in [2.24, 2.45) is 0 Å². The first kappa shape index (κ1) is 10.6. The Morgan fingerprint density at radius 2 is 2.20 bits per heavy atom. The van der Waals surface area contributed by atoms with Crippen LogP contribution >= 0.6 is 34.5 Å². The summed E-state index contributed by atoms with van der Waals surface area (Å²) in [6, 6.07) is 1.63. The summed E-state index contributed by atoms with van der Waals surface area (Å²) in [7, 11) is 0. The fourth-order valence-corrected chi connectivity index (χ4v) is 1.85. The van der Waals surface area contributed by atoms with Crippen LogP contribution in [-0.4, -0.2) is 15.2 Å². The molecule has 78 valence electrons. The van der Waals surface area contributed by atoms with Crippen molar-refractivity contribution in [2.45, 2.75) is 6.54 Å². The lowest BCUT2D eigenvalue weighted by Gasteiger charge is -2.04. The maximum atomic E-state index is 5.82. The van der Waals surface area contributed by atoms with Crippen molar-refractivity contribution in [1.82, 2.24) is 15.2 Å². The molecule has 0 amide bonds. The third-order valence-corrected chi connectivity index (χ3v) is 2.88. The molecule has 2 aromatic rings. The summed E-state index contributed by atoms with van der Waals surface area (Å²) < 4.78 is 0. The van der Waals surface area contributed by atoms with Gasteiger partial charge in [0.15, 0.2) is 10.3 Å². The van der Waals surface area contributed by atoms with E-state index in [1.165, 1.54) is 0 Å². The quantitative estimate of drug-likeness (QED) is 0.922. The minimum Gasteiger partial charge on any atom is -0.376 e. The molecule has 0 fully saturated rings. The van der Waals surface area contributed by atoms with E-state index in [1.54, 1.807) is 23.6 Å². The predicted octanol–water partition coefficient (Wildman–Crippen LogP) is 2.85. The zero-order valence-corrected chi connectivity index (χ0v) is 9.77. The lowest BCUT2D eigenvalue weighted by molar-refractivity contribution is 1.02. The van der Waals surface area contributed by atoms with E-state index in [0.29, 0.717) is 22.5 Å². The summed E-state index contributed by atoms with van der Waals surface area (Å²) in [5.41, 5.74) is 0.659. The summed E-state index contributed by atoms with van der Waals surface area (Å²) >= 11 is 13.1. The van der Waals surface area contributed by atoms with Crippen molar-refractivity contribution in [3.8, 4) is 0 Å². The molecule has 2 rings (SSSR count). The van der Waals surface area contributed by atoms with E-state index in [1.807, 2.05) is 5.38 Å². The molecular weight excluding hydrogens is 255 g/mol. The predicted molar refractivity (Wildman–Crippen MR) is 61.5 cm³/mol. The van der Waals surface area contributed by atoms with Gasteiger partial charge in [0.25, 0.3) is 0 Å². The minimum absolute atomic E-state index is 0.302. The van der Waals surface area contributed by atoms with Crippen LogP contribution in [0, 0.1) is 0 Å². The topological polar surface area (TPSA) is 50.7 Å². The molecule has 0 unspecified atom stereocenters. The second-order valence-corrected chi connectivity index (χ2v) is 4.38. The van der Waals surface area contributed by atoms with Crippen LogP contribution in [0.25, 0.3) is 0 Å². The molecule has 0 atom stereocenters. The fourth-order valence-electron chi connectivity index (χ4n) is 0.988. The van der Waals surface area contributed by atoms with Gasteiger partial charge in [-0.1, -0.05) is 23.2 Å². The third kappa shape index (κ3) is 2.77. The van der Waals surface area contributed by atoms with Gasteiger partial charge in [0.05, 0.1) is 12.2 Å². The largest absolute Gasteiger partial charge is 0.376 e. The lowest BCUT2D eigenvalue weighted by atomic mass is 10.4. The molecule has 2 heterocycles. The number of thiazole rings is 1. The highest BCUT2D eigenvalue weighted by molar-refractivity contribution is 7.09. The van der Waals surface area contributed by atoms with Crippen LogP contribution < -0.4 is 5.32 Å². The van der Waals surface area contributed by atoms with E-state index in [-0.39, 0.29) is 0 Å². The molecule has 0 aliphatic rings. The molecule has 0 radical (unpaired) electrons. The van der Waals surface area contributed by atoms with Gasteiger partial charge in [-0.25, -0.2) is 4.98 Å². The molecule has 0 aliphatic heterocycles. The highest BCUT2D eigenvalue weighted by atomic mass is 35.5. The monoisotopic (exact) mass is 260 g/mol. The zero-order valence-electron chi connectivity index (χ0n) is 7.44. The first-order valence-corrected chi connectivity index (χ1v) is 5.70. The molecule has 0 spiro atoms. The minimum atomic E-state index is 0.302. The molecule has 15 heavy (non-hydrogen) atoms. The molecule has 0 bridgehead atoms. The zero-order chi connectivity index (χ0) is 10.7. The Kier molecular flexibility index (Phi) is 3.35. The molecule has 1 N–H and O–H groups in total. The Morgan fingerprint density at radius 1 is 1.33 bits per heavy atom. The van der Waals surface area contributed by atoms with Crippen LogP contribution in [0.1, 0.15) is 5.01 Å². The molecule has 7 heteroatoms. The Labute approximate surface area is 100 Å². The number of anilines is 1. The van der Waals surface area contributed by atoms with Crippen LogP contribution in [0.5, 0.6) is 0 Å². The van der Waals surface area contributed by atoms with Gasteiger partial charge in [-0.3, -0.25) is 0 Å². The number of nitrogens with one attached hydrogen (secondary N) is 1. The van der Waals surface area contributed by atoms with Gasteiger partial charge in [-0.05, 0) is 0 Å². The molecule has 2 aromatic heterocycles. The first-order valence-electron chi connectivity index (χ1n) is 4.06. The maximum Gasteiger partial charge on any atom is 0.174 e. The van der Waals surface area contributed by atoms with Gasteiger partial charge in [-0.15, -0.1) is 21.5 Å². The smallest absolute Gasteiger partial charge is 0.174 e. The SMILES string of the molecule is Clc1cc(NCc2nccs2)c(Cl)nn1. The van der Waals surface area contributed by atoms with Gasteiger partial charge in [-0.2, -0.15) is 0 Å². The first-order chi connectivity index (χ1) is 7.25. The third-order valence-electron chi connectivity index (χ3n) is 1.63. The molecular formula is C8H6Cl2N4S. The number of halogens is 2. The van der Waals surface area contributed by atoms with Crippen LogP contribution in [0.4, 0.5) is 5.69 Å². The van der Waals surface area contributed by atoms with Gasteiger partial charge in [0.1, 0.15) is 5.01 Å². The van der Waals surface area contributed by atoms with E-state index in [9.17, 15) is 0 Å². The van der Waals surface area contributed by atoms with Crippen LogP contribution in [-0.2, 0) is 6.54 Å². The Balaban J connectivity index is 2.07. The summed E-state index contributed by atoms with van der Waals surface area (Å²) in [6.45, 7) is 0.597. The highest BCUT2D eigenvalue weighted by Gasteiger charge is 2.04. The Hall–Kier alpha value is -0.910. The summed E-state index contributed by atoms with van der Waals surface area (Å²) in [6.07, 6.45) is 1.75. The van der Waals surface area contributed by atoms with E-state index >= 15 is 0 Å². The molecule has 0 aromatic carbocycles. The van der Waals surface area contributed by atoms with Gasteiger partial charge in [0.2, 0.25) is 0 Å². The van der Waals surface area contributed by atoms with Gasteiger partial charge in [0, 0.05) is 17.6 Å². The van der Waals surface area contributed by atoms with Crippen molar-refractivity contribution < 1.29 is 0 Å². The highest BCUT2D eigenvalue weighted by Crippen LogP contribution is 2.21. The molecule has 0 aliphatic carbocycles.